The minimum Gasteiger partial charge on any atom is -0.364 e. The first-order valence-electron chi connectivity index (χ1n) is 5.16. The zero-order chi connectivity index (χ0) is 8.86. The maximum Gasteiger partial charge on any atom is 0.0971 e. The summed E-state index contributed by atoms with van der Waals surface area (Å²) in [6.07, 6.45) is 6.38. The first-order chi connectivity index (χ1) is 5.83. The van der Waals surface area contributed by atoms with Crippen molar-refractivity contribution in [2.75, 3.05) is 13.3 Å². The van der Waals surface area contributed by atoms with Gasteiger partial charge in [0.25, 0.3) is 0 Å². The summed E-state index contributed by atoms with van der Waals surface area (Å²) in [5, 5.41) is 3.48. The lowest BCUT2D eigenvalue weighted by molar-refractivity contribution is 0.170. The van der Waals surface area contributed by atoms with E-state index in [-0.39, 0.29) is 0 Å². The molecule has 1 fully saturated rings. The largest absolute Gasteiger partial charge is 0.364 e. The summed E-state index contributed by atoms with van der Waals surface area (Å²) in [5.41, 5.74) is 0.324. The SMILES string of the molecule is CCCCC1(CCC)COCN1. The number of rotatable bonds is 5. The van der Waals surface area contributed by atoms with E-state index in [0.717, 1.165) is 13.3 Å². The Balaban J connectivity index is 2.35. The summed E-state index contributed by atoms with van der Waals surface area (Å²) in [4.78, 5) is 0. The Morgan fingerprint density at radius 2 is 2.08 bits per heavy atom. The molecule has 0 aromatic heterocycles. The van der Waals surface area contributed by atoms with Crippen LogP contribution in [0.25, 0.3) is 0 Å². The summed E-state index contributed by atoms with van der Waals surface area (Å²) in [6, 6.07) is 0. The summed E-state index contributed by atoms with van der Waals surface area (Å²) in [7, 11) is 0. The van der Waals surface area contributed by atoms with Crippen LogP contribution in [0.2, 0.25) is 0 Å². The molecule has 2 nitrogen and oxygen atoms in total. The van der Waals surface area contributed by atoms with E-state index in [9.17, 15) is 0 Å². The highest BCUT2D eigenvalue weighted by Gasteiger charge is 2.32. The predicted octanol–water partition coefficient (Wildman–Crippen LogP) is 2.29. The lowest BCUT2D eigenvalue weighted by Crippen LogP contribution is -2.42. The van der Waals surface area contributed by atoms with Crippen LogP contribution < -0.4 is 5.32 Å². The van der Waals surface area contributed by atoms with Crippen molar-refractivity contribution in [1.82, 2.24) is 5.32 Å². The Bertz CT molecular complexity index is 119. The summed E-state index contributed by atoms with van der Waals surface area (Å²) in [6.45, 7) is 6.16. The van der Waals surface area contributed by atoms with Gasteiger partial charge in [0.2, 0.25) is 0 Å². The molecule has 0 radical (unpaired) electrons. The van der Waals surface area contributed by atoms with Gasteiger partial charge in [-0.15, -0.1) is 0 Å². The fourth-order valence-electron chi connectivity index (χ4n) is 1.94. The molecule has 12 heavy (non-hydrogen) atoms. The van der Waals surface area contributed by atoms with Gasteiger partial charge in [0.1, 0.15) is 0 Å². The summed E-state index contributed by atoms with van der Waals surface area (Å²) >= 11 is 0. The Kier molecular flexibility index (Phi) is 4.02. The second-order valence-corrected chi connectivity index (χ2v) is 3.80. The maximum absolute atomic E-state index is 5.40. The molecule has 1 N–H and O–H groups in total. The van der Waals surface area contributed by atoms with Crippen molar-refractivity contribution in [3.63, 3.8) is 0 Å². The van der Waals surface area contributed by atoms with E-state index in [1.54, 1.807) is 0 Å². The van der Waals surface area contributed by atoms with Gasteiger partial charge in [0.05, 0.1) is 13.3 Å². The summed E-state index contributed by atoms with van der Waals surface area (Å²) in [5.74, 6) is 0. The molecule has 1 unspecified atom stereocenters. The van der Waals surface area contributed by atoms with Gasteiger partial charge in [-0.2, -0.15) is 0 Å². The monoisotopic (exact) mass is 171 g/mol. The van der Waals surface area contributed by atoms with Crippen LogP contribution >= 0.6 is 0 Å². The van der Waals surface area contributed by atoms with Crippen LogP contribution in [0.5, 0.6) is 0 Å². The molecule has 1 heterocycles. The van der Waals surface area contributed by atoms with Crippen LogP contribution in [0.3, 0.4) is 0 Å². The quantitative estimate of drug-likeness (QED) is 0.685. The van der Waals surface area contributed by atoms with Gasteiger partial charge in [0.15, 0.2) is 0 Å². The topological polar surface area (TPSA) is 21.3 Å². The Labute approximate surface area is 75.7 Å². The lowest BCUT2D eigenvalue weighted by atomic mass is 9.89. The van der Waals surface area contributed by atoms with Crippen LogP contribution in [0.4, 0.5) is 0 Å². The number of nitrogens with one attached hydrogen (secondary N) is 1. The Hall–Kier alpha value is -0.0800. The normalized spacial score (nSPS) is 29.5. The fraction of sp³-hybridized carbons (Fsp3) is 1.00. The third-order valence-corrected chi connectivity index (χ3v) is 2.67. The second kappa shape index (κ2) is 4.83. The maximum atomic E-state index is 5.40. The average Bonchev–Trinajstić information content (AvgIpc) is 2.51. The number of ether oxygens (including phenoxy) is 1. The van der Waals surface area contributed by atoms with Gasteiger partial charge in [-0.05, 0) is 12.8 Å². The lowest BCUT2D eigenvalue weighted by Gasteiger charge is -2.27. The van der Waals surface area contributed by atoms with Crippen LogP contribution in [-0.2, 0) is 4.74 Å². The third kappa shape index (κ3) is 2.46. The van der Waals surface area contributed by atoms with Gasteiger partial charge in [-0.25, -0.2) is 0 Å². The van der Waals surface area contributed by atoms with E-state index in [2.05, 4.69) is 19.2 Å². The predicted molar refractivity (Wildman–Crippen MR) is 51.1 cm³/mol. The fourth-order valence-corrected chi connectivity index (χ4v) is 1.94. The molecule has 0 aromatic rings. The van der Waals surface area contributed by atoms with Crippen LogP contribution in [0.15, 0.2) is 0 Å². The molecule has 1 saturated heterocycles. The van der Waals surface area contributed by atoms with Gasteiger partial charge < -0.3 is 4.74 Å². The summed E-state index contributed by atoms with van der Waals surface area (Å²) < 4.78 is 5.40. The number of unbranched alkanes of at least 4 members (excludes halogenated alkanes) is 1. The average molecular weight is 171 g/mol. The molecule has 1 atom stereocenters. The highest BCUT2D eigenvalue weighted by atomic mass is 16.5. The Morgan fingerprint density at radius 1 is 1.25 bits per heavy atom. The third-order valence-electron chi connectivity index (χ3n) is 2.67. The van der Waals surface area contributed by atoms with Crippen molar-refractivity contribution in [1.29, 1.82) is 0 Å². The van der Waals surface area contributed by atoms with Crippen LogP contribution in [0.1, 0.15) is 46.0 Å². The van der Waals surface area contributed by atoms with E-state index in [0.29, 0.717) is 5.54 Å². The van der Waals surface area contributed by atoms with E-state index in [1.807, 2.05) is 0 Å². The van der Waals surface area contributed by atoms with Crippen LogP contribution in [-0.4, -0.2) is 18.9 Å². The van der Waals surface area contributed by atoms with Crippen LogP contribution in [0, 0.1) is 0 Å². The van der Waals surface area contributed by atoms with Crippen molar-refractivity contribution < 1.29 is 4.74 Å². The molecule has 0 aliphatic carbocycles. The van der Waals surface area contributed by atoms with Crippen molar-refractivity contribution in [3.8, 4) is 0 Å². The van der Waals surface area contributed by atoms with Gasteiger partial charge in [-0.3, -0.25) is 5.32 Å². The molecular weight excluding hydrogens is 150 g/mol. The molecule has 0 bridgehead atoms. The smallest absolute Gasteiger partial charge is 0.0971 e. The second-order valence-electron chi connectivity index (χ2n) is 3.80. The molecule has 0 spiro atoms. The standard InChI is InChI=1S/C10H21NO/c1-3-5-7-10(6-4-2)8-12-9-11-10/h11H,3-9H2,1-2H3. The van der Waals surface area contributed by atoms with Crippen molar-refractivity contribution in [2.45, 2.75) is 51.5 Å². The minimum absolute atomic E-state index is 0.324. The Morgan fingerprint density at radius 3 is 2.58 bits per heavy atom. The van der Waals surface area contributed by atoms with E-state index >= 15 is 0 Å². The van der Waals surface area contributed by atoms with Gasteiger partial charge >= 0.3 is 0 Å². The van der Waals surface area contributed by atoms with E-state index in [4.69, 9.17) is 4.74 Å². The zero-order valence-electron chi connectivity index (χ0n) is 8.36. The van der Waals surface area contributed by atoms with Gasteiger partial charge in [0, 0.05) is 5.54 Å². The molecular formula is C10H21NO. The zero-order valence-corrected chi connectivity index (χ0v) is 8.36. The molecule has 0 amide bonds. The van der Waals surface area contributed by atoms with E-state index < -0.39 is 0 Å². The van der Waals surface area contributed by atoms with Crippen molar-refractivity contribution in [2.24, 2.45) is 0 Å². The molecule has 1 aliphatic heterocycles. The molecule has 0 aromatic carbocycles. The molecule has 0 saturated carbocycles. The molecule has 72 valence electrons. The number of hydrogen-bond acceptors (Lipinski definition) is 2. The van der Waals surface area contributed by atoms with E-state index in [1.165, 1.54) is 32.1 Å². The molecule has 1 rings (SSSR count). The highest BCUT2D eigenvalue weighted by Crippen LogP contribution is 2.24. The first kappa shape index (κ1) is 10.0. The van der Waals surface area contributed by atoms with Crippen molar-refractivity contribution >= 4 is 0 Å². The number of hydrogen-bond donors (Lipinski definition) is 1. The molecule has 2 heteroatoms. The van der Waals surface area contributed by atoms with Gasteiger partial charge in [-0.1, -0.05) is 33.1 Å². The van der Waals surface area contributed by atoms with Crippen molar-refractivity contribution in [3.05, 3.63) is 0 Å². The first-order valence-corrected chi connectivity index (χ1v) is 5.16. The highest BCUT2D eigenvalue weighted by molar-refractivity contribution is 4.89. The molecule has 1 aliphatic rings. The minimum atomic E-state index is 0.324.